The van der Waals surface area contributed by atoms with E-state index in [4.69, 9.17) is 17.3 Å². The molecule has 0 bridgehead atoms. The van der Waals surface area contributed by atoms with Crippen molar-refractivity contribution < 1.29 is 9.90 Å². The van der Waals surface area contributed by atoms with Crippen molar-refractivity contribution in [3.8, 4) is 0 Å². The minimum atomic E-state index is -0.388. The lowest BCUT2D eigenvalue weighted by molar-refractivity contribution is -0.124. The molecule has 1 amide bonds. The van der Waals surface area contributed by atoms with Gasteiger partial charge in [-0.1, -0.05) is 0 Å². The van der Waals surface area contributed by atoms with Crippen molar-refractivity contribution in [1.82, 2.24) is 14.9 Å². The normalized spacial score (nSPS) is 17.1. The van der Waals surface area contributed by atoms with Gasteiger partial charge in [-0.25, -0.2) is 0 Å². The van der Waals surface area contributed by atoms with Gasteiger partial charge in [0.25, 0.3) is 0 Å². The van der Waals surface area contributed by atoms with Crippen molar-refractivity contribution in [2.24, 2.45) is 0 Å². The largest absolute Gasteiger partial charge is 0.390 e. The van der Waals surface area contributed by atoms with Crippen molar-refractivity contribution in [1.29, 1.82) is 0 Å². The second kappa shape index (κ2) is 4.39. The van der Waals surface area contributed by atoms with Crippen molar-refractivity contribution in [2.45, 2.75) is 38.5 Å². The number of nitrogens with zero attached hydrogens (tertiary/aromatic N) is 1. The summed E-state index contributed by atoms with van der Waals surface area (Å²) < 4.78 is 2.11. The summed E-state index contributed by atoms with van der Waals surface area (Å²) in [5.74, 6) is -0.0482. The van der Waals surface area contributed by atoms with Gasteiger partial charge in [-0.3, -0.25) is 4.79 Å². The number of H-pyrrole nitrogens is 1. The van der Waals surface area contributed by atoms with E-state index in [0.717, 1.165) is 12.8 Å². The van der Waals surface area contributed by atoms with E-state index in [1.54, 1.807) is 17.7 Å². The summed E-state index contributed by atoms with van der Waals surface area (Å²) in [6.07, 6.45) is 3.75. The Hall–Kier alpha value is -1.14. The Morgan fingerprint density at radius 3 is 3.06 bits per heavy atom. The van der Waals surface area contributed by atoms with E-state index in [9.17, 15) is 4.79 Å². The minimum absolute atomic E-state index is 0.0482. The summed E-state index contributed by atoms with van der Waals surface area (Å²) in [6.45, 7) is 1.65. The standard InChI is InChI=1S/C10H15N3O2S/c1-6(9(15)12-7-2-3-7)13-8(5-14)4-11-10(13)16/h4,6-7,14H,2-3,5H2,1H3,(H,11,16)(H,12,15). The first-order chi connectivity index (χ1) is 7.63. The molecule has 3 N–H and O–H groups in total. The van der Waals surface area contributed by atoms with Crippen LogP contribution in [0.2, 0.25) is 0 Å². The van der Waals surface area contributed by atoms with E-state index in [2.05, 4.69) is 10.3 Å². The molecular weight excluding hydrogens is 226 g/mol. The van der Waals surface area contributed by atoms with E-state index in [-0.39, 0.29) is 18.6 Å². The number of carbonyl (C=O) groups is 1. The zero-order valence-electron chi connectivity index (χ0n) is 9.06. The SMILES string of the molecule is CC(C(=O)NC1CC1)n1c(CO)c[nH]c1=S. The van der Waals surface area contributed by atoms with E-state index >= 15 is 0 Å². The zero-order valence-corrected chi connectivity index (χ0v) is 9.88. The van der Waals surface area contributed by atoms with E-state index in [1.807, 2.05) is 0 Å². The van der Waals surface area contributed by atoms with Crippen LogP contribution in [0.15, 0.2) is 6.20 Å². The summed E-state index contributed by atoms with van der Waals surface area (Å²) in [7, 11) is 0. The number of hydrogen-bond donors (Lipinski definition) is 3. The van der Waals surface area contributed by atoms with Gasteiger partial charge < -0.3 is 20.0 Å². The summed E-state index contributed by atoms with van der Waals surface area (Å²) in [4.78, 5) is 14.7. The highest BCUT2D eigenvalue weighted by molar-refractivity contribution is 7.71. The molecule has 1 atom stereocenters. The Morgan fingerprint density at radius 1 is 1.81 bits per heavy atom. The lowest BCUT2D eigenvalue weighted by atomic mass is 10.3. The smallest absolute Gasteiger partial charge is 0.243 e. The Morgan fingerprint density at radius 2 is 2.50 bits per heavy atom. The molecule has 0 saturated heterocycles. The first kappa shape index (κ1) is 11.3. The number of imidazole rings is 1. The Labute approximate surface area is 98.5 Å². The lowest BCUT2D eigenvalue weighted by Crippen LogP contribution is -2.33. The predicted molar refractivity (Wildman–Crippen MR) is 61.4 cm³/mol. The molecule has 0 aliphatic heterocycles. The minimum Gasteiger partial charge on any atom is -0.390 e. The number of aromatic amines is 1. The fourth-order valence-corrected chi connectivity index (χ4v) is 1.96. The number of aliphatic hydroxyl groups is 1. The fraction of sp³-hybridized carbons (Fsp3) is 0.600. The van der Waals surface area contributed by atoms with Gasteiger partial charge in [0.1, 0.15) is 6.04 Å². The van der Waals surface area contributed by atoms with Gasteiger partial charge in [0.2, 0.25) is 5.91 Å². The van der Waals surface area contributed by atoms with Crippen LogP contribution >= 0.6 is 12.2 Å². The first-order valence-electron chi connectivity index (χ1n) is 5.33. The summed E-state index contributed by atoms with van der Waals surface area (Å²) >= 11 is 5.08. The molecule has 1 unspecified atom stereocenters. The van der Waals surface area contributed by atoms with Crippen LogP contribution in [0, 0.1) is 4.77 Å². The molecule has 1 aromatic heterocycles. The van der Waals surface area contributed by atoms with Gasteiger partial charge in [0, 0.05) is 12.2 Å². The Kier molecular flexibility index (Phi) is 3.11. The molecule has 0 aromatic carbocycles. The molecule has 0 radical (unpaired) electrons. The van der Waals surface area contributed by atoms with Gasteiger partial charge in [-0.05, 0) is 32.0 Å². The molecule has 88 valence electrons. The van der Waals surface area contributed by atoms with Crippen molar-refractivity contribution in [3.63, 3.8) is 0 Å². The number of hydrogen-bond acceptors (Lipinski definition) is 3. The van der Waals surface area contributed by atoms with Crippen LogP contribution in [-0.2, 0) is 11.4 Å². The average Bonchev–Trinajstić information content (AvgIpc) is 2.99. The molecule has 1 heterocycles. The molecule has 1 aromatic rings. The van der Waals surface area contributed by atoms with Crippen LogP contribution in [0.3, 0.4) is 0 Å². The van der Waals surface area contributed by atoms with Gasteiger partial charge in [-0.2, -0.15) is 0 Å². The number of nitrogens with one attached hydrogen (secondary N) is 2. The third-order valence-electron chi connectivity index (χ3n) is 2.74. The molecule has 2 rings (SSSR count). The van der Waals surface area contributed by atoms with E-state index < -0.39 is 0 Å². The number of rotatable bonds is 4. The molecule has 5 nitrogen and oxygen atoms in total. The van der Waals surface area contributed by atoms with Crippen LogP contribution < -0.4 is 5.32 Å². The predicted octanol–water partition coefficient (Wildman–Crippen LogP) is 0.878. The maximum atomic E-state index is 11.8. The molecule has 1 fully saturated rings. The molecule has 1 aliphatic rings. The van der Waals surface area contributed by atoms with Gasteiger partial charge >= 0.3 is 0 Å². The highest BCUT2D eigenvalue weighted by Gasteiger charge is 2.27. The first-order valence-corrected chi connectivity index (χ1v) is 5.74. The Bertz CT molecular complexity index is 447. The van der Waals surface area contributed by atoms with Crippen LogP contribution in [0.25, 0.3) is 0 Å². The van der Waals surface area contributed by atoms with Crippen molar-refractivity contribution in [3.05, 3.63) is 16.7 Å². The van der Waals surface area contributed by atoms with Crippen molar-refractivity contribution in [2.75, 3.05) is 0 Å². The maximum Gasteiger partial charge on any atom is 0.243 e. The number of carbonyl (C=O) groups excluding carboxylic acids is 1. The van der Waals surface area contributed by atoms with E-state index in [1.165, 1.54) is 0 Å². The quantitative estimate of drug-likeness (QED) is 0.685. The monoisotopic (exact) mass is 241 g/mol. The summed E-state index contributed by atoms with van der Waals surface area (Å²) in [6, 6.07) is -0.0536. The van der Waals surface area contributed by atoms with E-state index in [0.29, 0.717) is 16.5 Å². The molecule has 6 heteroatoms. The third kappa shape index (κ3) is 2.17. The molecule has 0 spiro atoms. The maximum absolute atomic E-state index is 11.8. The second-order valence-corrected chi connectivity index (χ2v) is 4.46. The molecule has 16 heavy (non-hydrogen) atoms. The fourth-order valence-electron chi connectivity index (χ4n) is 1.63. The second-order valence-electron chi connectivity index (χ2n) is 4.07. The topological polar surface area (TPSA) is 70.1 Å². The highest BCUT2D eigenvalue weighted by Crippen LogP contribution is 2.20. The molecule has 1 aliphatic carbocycles. The molecule has 1 saturated carbocycles. The highest BCUT2D eigenvalue weighted by atomic mass is 32.1. The number of amides is 1. The zero-order chi connectivity index (χ0) is 11.7. The summed E-state index contributed by atoms with van der Waals surface area (Å²) in [5.41, 5.74) is 0.628. The Balaban J connectivity index is 2.17. The number of aliphatic hydroxyl groups excluding tert-OH is 1. The van der Waals surface area contributed by atoms with Gasteiger partial charge in [0.15, 0.2) is 4.77 Å². The third-order valence-corrected chi connectivity index (χ3v) is 3.06. The van der Waals surface area contributed by atoms with Crippen LogP contribution in [0.5, 0.6) is 0 Å². The van der Waals surface area contributed by atoms with Gasteiger partial charge in [0.05, 0.1) is 12.3 Å². The van der Waals surface area contributed by atoms with Crippen LogP contribution in [0.1, 0.15) is 31.5 Å². The number of aromatic nitrogens is 2. The summed E-state index contributed by atoms with van der Waals surface area (Å²) in [5, 5.41) is 12.1. The van der Waals surface area contributed by atoms with Crippen LogP contribution in [-0.4, -0.2) is 26.6 Å². The van der Waals surface area contributed by atoms with Gasteiger partial charge in [-0.15, -0.1) is 0 Å². The van der Waals surface area contributed by atoms with Crippen molar-refractivity contribution >= 4 is 18.1 Å². The lowest BCUT2D eigenvalue weighted by Gasteiger charge is -2.15. The molecular formula is C10H15N3O2S. The average molecular weight is 241 g/mol. The van der Waals surface area contributed by atoms with Crippen LogP contribution in [0.4, 0.5) is 0 Å².